The van der Waals surface area contributed by atoms with Gasteiger partial charge in [-0.3, -0.25) is 86.6 Å². The zero-order chi connectivity index (χ0) is 85.1. The fourth-order valence-electron chi connectivity index (χ4n) is 12.7. The summed E-state index contributed by atoms with van der Waals surface area (Å²) in [5, 5.41) is 62.0. The lowest BCUT2D eigenvalue weighted by molar-refractivity contribution is -0.144. The van der Waals surface area contributed by atoms with E-state index in [0.717, 1.165) is 25.8 Å². The number of nitrogens with two attached hydrogens (primary N) is 1. The van der Waals surface area contributed by atoms with Crippen LogP contribution in [0, 0.1) is 0 Å². The number of amides is 4. The topological polar surface area (TPSA) is 469 Å². The van der Waals surface area contributed by atoms with Crippen LogP contribution in [-0.4, -0.2) is 344 Å². The molecule has 34 heteroatoms. The minimum atomic E-state index is -1.15. The van der Waals surface area contributed by atoms with Gasteiger partial charge in [-0.1, -0.05) is 39.0 Å². The van der Waals surface area contributed by atoms with Crippen LogP contribution in [0.1, 0.15) is 225 Å². The van der Waals surface area contributed by atoms with Crippen LogP contribution in [0.25, 0.3) is 0 Å². The van der Waals surface area contributed by atoms with Gasteiger partial charge in [0.05, 0.1) is 13.3 Å². The first-order chi connectivity index (χ1) is 53.5. The van der Waals surface area contributed by atoms with Crippen LogP contribution in [0.15, 0.2) is 0 Å². The number of hydrogen-bond acceptors (Lipinski definition) is 25. The molecule has 5 atom stereocenters. The molecular formula is C79H144N14O20. The van der Waals surface area contributed by atoms with Crippen molar-refractivity contribution in [2.75, 3.05) is 161 Å². The van der Waals surface area contributed by atoms with E-state index in [1.54, 1.807) is 49.8 Å². The first kappa shape index (κ1) is 106. The Morgan fingerprint density at radius 3 is 0.973 bits per heavy atom. The molecule has 0 rings (SSSR count). The summed E-state index contributed by atoms with van der Waals surface area (Å²) in [5.41, 5.74) is 5.71. The van der Waals surface area contributed by atoms with Crippen LogP contribution in [0.4, 0.5) is 0 Å². The lowest BCUT2D eigenvalue weighted by atomic mass is 10.0. The van der Waals surface area contributed by atoms with Crippen molar-refractivity contribution in [2.45, 2.75) is 255 Å². The van der Waals surface area contributed by atoms with Gasteiger partial charge < -0.3 is 82.3 Å². The van der Waals surface area contributed by atoms with Crippen LogP contribution in [0.3, 0.4) is 0 Å². The van der Waals surface area contributed by atoms with Gasteiger partial charge in [0.1, 0.15) is 64.9 Å². The van der Waals surface area contributed by atoms with Gasteiger partial charge in [-0.05, 0) is 173 Å². The molecule has 12 N–H and O–H groups in total. The Bertz CT molecular complexity index is 2840. The van der Waals surface area contributed by atoms with E-state index in [0.29, 0.717) is 136 Å². The smallest absolute Gasteiger partial charge is 0.320 e. The van der Waals surface area contributed by atoms with Gasteiger partial charge in [0, 0.05) is 162 Å². The van der Waals surface area contributed by atoms with E-state index in [1.165, 1.54) is 0 Å². The number of carboxylic acid groups (broad SMARTS) is 5. The highest BCUT2D eigenvalue weighted by molar-refractivity contribution is 5.84. The number of carbonyl (C=O) groups excluding carboxylic acids is 10. The summed E-state index contributed by atoms with van der Waals surface area (Å²) in [6.45, 7) is 6.32. The molecule has 0 aliphatic rings. The third kappa shape index (κ3) is 58.4. The second-order valence-corrected chi connectivity index (χ2v) is 30.5. The standard InChI is InChI=1S/C79H144N14O20/c1-10-60(94)24-21-25-64(98)39-56-93(57-40-65(99)29-23-27-62(96)37-51-90(9)47-18-14-33-69(78(110)111)88(6)7)70(79(112)113)34-15-20-49-91(52-38-63(97)28-22-26-61(95)36-50-89(8)46-17-13-32-68(77(108)109)87(4)5)53-41-72(101)84-59-85-74(103)43-55-92(48-19-11-30-66(80)75(104)105)54-42-73(102)83-58-82-71(100)35-44-81-67(76(106)107)31-12-16-45-86(2)3/h66-70,81H,10-59,80H2,1-9H3,(H,82,100)(H,83,102)(H,84,101)(H,85,103)(H,104,105)(H,106,107)(H,108,109)(H,110,111)(H,112,113). The molecule has 5 unspecified atom stereocenters. The van der Waals surface area contributed by atoms with Crippen LogP contribution >= 0.6 is 0 Å². The van der Waals surface area contributed by atoms with Crippen molar-refractivity contribution in [1.82, 2.24) is 65.8 Å². The SMILES string of the molecule is CCC(=O)CCCC(=O)CCN(CCC(=O)CCCC(=O)CCN(C)CCCCC(C(=O)O)N(C)C)C(CCCCN(CCC(=O)CCCC(=O)CCN(C)CCCCC(C(=O)O)N(C)C)CCC(=O)NCNC(=O)CCN(CCCCC(N)C(=O)O)CCC(=O)NCNC(=O)CCNC(CCCCN(C)C)C(=O)O)C(=O)O. The quantitative estimate of drug-likeness (QED) is 0.0307. The highest BCUT2D eigenvalue weighted by atomic mass is 16.4. The maximum atomic E-state index is 13.4. The Balaban J connectivity index is 6.06. The molecule has 4 amide bonds. The molecule has 113 heavy (non-hydrogen) atoms. The normalized spacial score (nSPS) is 13.0. The Hall–Kier alpha value is -7.15. The van der Waals surface area contributed by atoms with Crippen molar-refractivity contribution in [3.05, 3.63) is 0 Å². The lowest BCUT2D eigenvalue weighted by Crippen LogP contribution is -2.43. The summed E-state index contributed by atoms with van der Waals surface area (Å²) in [4.78, 5) is 204. The van der Waals surface area contributed by atoms with Crippen molar-refractivity contribution < 1.29 is 97.5 Å². The number of likely N-dealkylation sites (N-methyl/N-ethyl adjacent to an activating group) is 2. The predicted molar refractivity (Wildman–Crippen MR) is 430 cm³/mol. The maximum Gasteiger partial charge on any atom is 0.320 e. The molecule has 0 radical (unpaired) electrons. The third-order valence-electron chi connectivity index (χ3n) is 20.1. The van der Waals surface area contributed by atoms with Crippen LogP contribution < -0.4 is 32.3 Å². The fraction of sp³-hybridized carbons (Fsp3) is 0.810. The minimum Gasteiger partial charge on any atom is -0.480 e. The highest BCUT2D eigenvalue weighted by Crippen LogP contribution is 2.17. The Labute approximate surface area is 671 Å². The molecule has 0 spiro atoms. The summed E-state index contributed by atoms with van der Waals surface area (Å²) in [5.74, 6) is -7.06. The minimum absolute atomic E-state index is 0.00267. The highest BCUT2D eigenvalue weighted by Gasteiger charge is 2.28. The fourth-order valence-corrected chi connectivity index (χ4v) is 12.7. The number of aliphatic carboxylic acids is 5. The Morgan fingerprint density at radius 2 is 0.619 bits per heavy atom. The summed E-state index contributed by atoms with van der Waals surface area (Å²) in [7, 11) is 14.6. The van der Waals surface area contributed by atoms with Crippen molar-refractivity contribution in [3.63, 3.8) is 0 Å². The van der Waals surface area contributed by atoms with E-state index in [-0.39, 0.29) is 197 Å². The zero-order valence-electron chi connectivity index (χ0n) is 69.8. The van der Waals surface area contributed by atoms with E-state index in [1.807, 2.05) is 52.7 Å². The molecule has 0 saturated carbocycles. The Morgan fingerprint density at radius 1 is 0.301 bits per heavy atom. The second-order valence-electron chi connectivity index (χ2n) is 30.5. The number of carboxylic acids is 5. The average Bonchev–Trinajstić information content (AvgIpc) is 0.806. The monoisotopic (exact) mass is 1610 g/mol. The van der Waals surface area contributed by atoms with Crippen LogP contribution in [-0.2, 0) is 71.9 Å². The molecule has 0 heterocycles. The number of carbonyl (C=O) groups is 15. The molecule has 0 saturated heterocycles. The number of nitrogens with one attached hydrogen (secondary N) is 5. The molecule has 0 aliphatic heterocycles. The molecule has 0 aliphatic carbocycles. The Kier molecular flexibility index (Phi) is 60.9. The summed E-state index contributed by atoms with van der Waals surface area (Å²) in [6.07, 6.45) is 10.9. The maximum absolute atomic E-state index is 13.4. The summed E-state index contributed by atoms with van der Waals surface area (Å²) < 4.78 is 0. The van der Waals surface area contributed by atoms with Crippen molar-refractivity contribution >= 4 is 88.2 Å². The first-order valence-electron chi connectivity index (χ1n) is 40.9. The van der Waals surface area contributed by atoms with Gasteiger partial charge in [0.15, 0.2) is 0 Å². The zero-order valence-corrected chi connectivity index (χ0v) is 69.8. The van der Waals surface area contributed by atoms with Crippen molar-refractivity contribution in [2.24, 2.45) is 5.73 Å². The van der Waals surface area contributed by atoms with Crippen LogP contribution in [0.2, 0.25) is 0 Å². The van der Waals surface area contributed by atoms with Gasteiger partial charge >= 0.3 is 29.8 Å². The predicted octanol–water partition coefficient (Wildman–Crippen LogP) is 3.33. The number of Topliss-reactive ketones (excluding diaryl/α,β-unsaturated/α-hetero) is 6. The molecule has 650 valence electrons. The molecule has 34 nitrogen and oxygen atoms in total. The lowest BCUT2D eigenvalue weighted by Gasteiger charge is -2.29. The molecule has 0 bridgehead atoms. The number of unbranched alkanes of at least 4 members (excludes halogenated alkanes) is 5. The van der Waals surface area contributed by atoms with E-state index in [2.05, 4.69) is 26.6 Å². The molecular weight excluding hydrogens is 1460 g/mol. The molecule has 0 aromatic heterocycles. The number of ketones is 6. The summed E-state index contributed by atoms with van der Waals surface area (Å²) >= 11 is 0. The van der Waals surface area contributed by atoms with Crippen molar-refractivity contribution in [3.8, 4) is 0 Å². The number of rotatable bonds is 78. The number of nitrogens with zero attached hydrogens (tertiary/aromatic N) is 8. The van der Waals surface area contributed by atoms with Gasteiger partial charge in [-0.2, -0.15) is 0 Å². The van der Waals surface area contributed by atoms with Gasteiger partial charge in [-0.15, -0.1) is 0 Å². The third-order valence-corrected chi connectivity index (χ3v) is 20.1. The summed E-state index contributed by atoms with van der Waals surface area (Å²) in [6, 6.07) is -4.09. The van der Waals surface area contributed by atoms with Gasteiger partial charge in [0.2, 0.25) is 23.6 Å². The van der Waals surface area contributed by atoms with Gasteiger partial charge in [-0.25, -0.2) is 0 Å². The van der Waals surface area contributed by atoms with Crippen LogP contribution in [0.5, 0.6) is 0 Å². The van der Waals surface area contributed by atoms with E-state index >= 15 is 0 Å². The number of hydrogen-bond donors (Lipinski definition) is 11. The van der Waals surface area contributed by atoms with Crippen molar-refractivity contribution in [1.29, 1.82) is 0 Å². The van der Waals surface area contributed by atoms with E-state index in [9.17, 15) is 97.5 Å². The largest absolute Gasteiger partial charge is 0.480 e. The second kappa shape index (κ2) is 65.0. The van der Waals surface area contributed by atoms with Gasteiger partial charge in [0.25, 0.3) is 0 Å². The molecule has 0 fully saturated rings. The van der Waals surface area contributed by atoms with E-state index in [4.69, 9.17) is 5.73 Å². The molecule has 0 aromatic carbocycles. The average molecular weight is 1610 g/mol. The first-order valence-corrected chi connectivity index (χ1v) is 40.9. The van der Waals surface area contributed by atoms with E-state index < -0.39 is 83.7 Å². The molecule has 0 aromatic rings.